The van der Waals surface area contributed by atoms with Gasteiger partial charge in [-0.3, -0.25) is 14.5 Å². The van der Waals surface area contributed by atoms with Gasteiger partial charge >= 0.3 is 0 Å². The molecule has 0 aliphatic carbocycles. The Bertz CT molecular complexity index is 1470. The van der Waals surface area contributed by atoms with Crippen molar-refractivity contribution in [1.29, 1.82) is 0 Å². The van der Waals surface area contributed by atoms with Gasteiger partial charge in [-0.05, 0) is 11.5 Å². The molecule has 4 heterocycles. The Kier molecular flexibility index (Phi) is 6.44. The summed E-state index contributed by atoms with van der Waals surface area (Å²) in [7, 11) is 1.27. The van der Waals surface area contributed by atoms with Crippen LogP contribution in [0.3, 0.4) is 0 Å². The van der Waals surface area contributed by atoms with Crippen molar-refractivity contribution in [1.82, 2.24) is 20.2 Å². The van der Waals surface area contributed by atoms with Gasteiger partial charge in [0.25, 0.3) is 11.8 Å². The molecule has 1 aromatic carbocycles. The number of aliphatic carboxylic acids is 1. The molecule has 1 saturated heterocycles. The zero-order valence-corrected chi connectivity index (χ0v) is 20.3. The first-order valence-electron chi connectivity index (χ1n) is 11.1. The molecule has 1 fully saturated rings. The Balaban J connectivity index is 1.36. The van der Waals surface area contributed by atoms with Gasteiger partial charge in [0.1, 0.15) is 18.5 Å². The minimum Gasteiger partial charge on any atom is -0.543 e. The van der Waals surface area contributed by atoms with Crippen LogP contribution in [0, 0.1) is 0 Å². The predicted octanol–water partition coefficient (Wildman–Crippen LogP) is -1.05. The van der Waals surface area contributed by atoms with Crippen molar-refractivity contribution in [2.45, 2.75) is 18.0 Å². The van der Waals surface area contributed by atoms with Gasteiger partial charge < -0.3 is 25.8 Å². The number of thioether (sulfide) groups is 1. The first kappa shape index (κ1) is 24.2. The van der Waals surface area contributed by atoms with E-state index in [1.54, 1.807) is 0 Å². The second-order valence-electron chi connectivity index (χ2n) is 8.30. The molecular formula is C24H21N7O5S. The van der Waals surface area contributed by atoms with E-state index >= 15 is 0 Å². The molecule has 3 aromatic rings. The molecule has 37 heavy (non-hydrogen) atoms. The summed E-state index contributed by atoms with van der Waals surface area (Å²) in [6, 6.07) is 8.81. The van der Waals surface area contributed by atoms with Crippen LogP contribution in [0.1, 0.15) is 5.56 Å². The third-order valence-electron chi connectivity index (χ3n) is 5.99. The lowest BCUT2D eigenvalue weighted by molar-refractivity contribution is -0.687. The molecule has 0 saturated carbocycles. The minimum atomic E-state index is -1.44. The van der Waals surface area contributed by atoms with Crippen LogP contribution in [0.5, 0.6) is 0 Å². The Morgan fingerprint density at radius 2 is 2.00 bits per heavy atom. The first-order valence-corrected chi connectivity index (χ1v) is 12.2. The van der Waals surface area contributed by atoms with E-state index < -0.39 is 29.2 Å². The molecule has 188 valence electrons. The molecule has 2 aromatic heterocycles. The van der Waals surface area contributed by atoms with Crippen LogP contribution in [-0.2, 0) is 25.8 Å². The zero-order valence-electron chi connectivity index (χ0n) is 19.5. The number of pyridine rings is 1. The van der Waals surface area contributed by atoms with E-state index in [9.17, 15) is 19.5 Å². The lowest BCUT2D eigenvalue weighted by atomic mass is 10.0. The number of carboxylic acids is 1. The molecule has 0 radical (unpaired) electrons. The molecule has 0 bridgehead atoms. The number of carboxylic acid groups (broad SMARTS) is 1. The topological polar surface area (TPSA) is 167 Å². The number of hydrogen-bond donors (Lipinski definition) is 2. The van der Waals surface area contributed by atoms with Gasteiger partial charge in [0.05, 0.1) is 11.7 Å². The smallest absolute Gasteiger partial charge is 0.274 e. The highest BCUT2D eigenvalue weighted by molar-refractivity contribution is 8.00. The van der Waals surface area contributed by atoms with E-state index in [1.165, 1.54) is 36.2 Å². The van der Waals surface area contributed by atoms with Gasteiger partial charge in [-0.2, -0.15) is 0 Å². The van der Waals surface area contributed by atoms with Gasteiger partial charge in [-0.25, -0.2) is 14.5 Å². The summed E-state index contributed by atoms with van der Waals surface area (Å²) in [6.45, 7) is 0.274. The second kappa shape index (κ2) is 9.85. The summed E-state index contributed by atoms with van der Waals surface area (Å²) in [5.41, 5.74) is 5.95. The molecule has 5 rings (SSSR count). The van der Waals surface area contributed by atoms with E-state index in [-0.39, 0.29) is 29.5 Å². The van der Waals surface area contributed by atoms with Crippen LogP contribution in [-0.4, -0.2) is 62.6 Å². The van der Waals surface area contributed by atoms with Crippen LogP contribution in [0.25, 0.3) is 10.8 Å². The maximum absolute atomic E-state index is 13.0. The molecule has 12 nitrogen and oxygen atoms in total. The van der Waals surface area contributed by atoms with E-state index in [4.69, 9.17) is 10.6 Å². The quantitative estimate of drug-likeness (QED) is 0.171. The van der Waals surface area contributed by atoms with Crippen LogP contribution in [0.4, 0.5) is 5.95 Å². The number of rotatable bonds is 7. The fourth-order valence-corrected chi connectivity index (χ4v) is 5.61. The summed E-state index contributed by atoms with van der Waals surface area (Å²) in [4.78, 5) is 51.7. The van der Waals surface area contributed by atoms with E-state index in [2.05, 4.69) is 20.4 Å². The number of benzene rings is 1. The van der Waals surface area contributed by atoms with Crippen LogP contribution >= 0.6 is 11.8 Å². The standard InChI is InChI=1S/C24H21N7O5S/c1-36-29-17(15-8-26-24(25)27-9-15)20(32)28-18-21(33)31-19(23(34)35)16(12-37-22(18)31)11-30-7-6-13-4-2-3-5-14(13)10-30/h2-10,18,22H,11-12H2,1H3,(H3-,25,26,27,28,29,32,34,35)/t18?,22-/m0/s1. The number of carbonyl (C=O) groups is 3. The fourth-order valence-electron chi connectivity index (χ4n) is 4.28. The third kappa shape index (κ3) is 4.56. The molecule has 2 amide bonds. The number of anilines is 1. The highest BCUT2D eigenvalue weighted by Crippen LogP contribution is 2.40. The number of aromatic nitrogens is 3. The van der Waals surface area contributed by atoms with Crippen molar-refractivity contribution < 1.29 is 28.9 Å². The molecular weight excluding hydrogens is 498 g/mol. The largest absolute Gasteiger partial charge is 0.543 e. The zero-order chi connectivity index (χ0) is 26.1. The average Bonchev–Trinajstić information content (AvgIpc) is 2.90. The van der Waals surface area contributed by atoms with Crippen molar-refractivity contribution in [2.75, 3.05) is 18.6 Å². The number of β-lactam (4-membered cyclic amide) rings is 1. The second-order valence-corrected chi connectivity index (χ2v) is 9.40. The monoisotopic (exact) mass is 519 g/mol. The Morgan fingerprint density at radius 3 is 2.70 bits per heavy atom. The maximum Gasteiger partial charge on any atom is 0.274 e. The molecule has 2 aliphatic rings. The number of amides is 2. The first-order chi connectivity index (χ1) is 17.9. The molecule has 2 aliphatic heterocycles. The predicted molar refractivity (Wildman–Crippen MR) is 131 cm³/mol. The molecule has 13 heteroatoms. The molecule has 3 N–H and O–H groups in total. The number of nitrogens with zero attached hydrogens (tertiary/aromatic N) is 5. The van der Waals surface area contributed by atoms with Gasteiger partial charge in [0.2, 0.25) is 5.95 Å². The number of hydrogen-bond acceptors (Lipinski definition) is 10. The highest BCUT2D eigenvalue weighted by Gasteiger charge is 2.53. The van der Waals surface area contributed by atoms with Crippen LogP contribution < -0.4 is 20.7 Å². The lowest BCUT2D eigenvalue weighted by Gasteiger charge is -2.50. The van der Waals surface area contributed by atoms with Crippen molar-refractivity contribution in [3.63, 3.8) is 0 Å². The maximum atomic E-state index is 13.0. The van der Waals surface area contributed by atoms with Crippen molar-refractivity contribution in [3.8, 4) is 0 Å². The van der Waals surface area contributed by atoms with Crippen molar-refractivity contribution >= 4 is 52.0 Å². The lowest BCUT2D eigenvalue weighted by Crippen LogP contribution is -2.71. The molecule has 2 atom stereocenters. The van der Waals surface area contributed by atoms with E-state index in [0.717, 1.165) is 10.8 Å². The number of carbonyl (C=O) groups excluding carboxylic acids is 3. The van der Waals surface area contributed by atoms with E-state index in [0.29, 0.717) is 11.3 Å². The third-order valence-corrected chi connectivity index (χ3v) is 7.33. The number of nitrogen functional groups attached to an aromatic ring is 1. The number of nitrogens with two attached hydrogens (primary N) is 1. The molecule has 1 unspecified atom stereocenters. The summed E-state index contributed by atoms with van der Waals surface area (Å²) in [6.07, 6.45) is 6.39. The summed E-state index contributed by atoms with van der Waals surface area (Å²) in [5.74, 6) is -2.35. The van der Waals surface area contributed by atoms with Crippen molar-refractivity contribution in [3.05, 3.63) is 72.0 Å². The normalized spacial score (nSPS) is 19.3. The Labute approximate surface area is 214 Å². The number of nitrogens with one attached hydrogen (secondary N) is 1. The van der Waals surface area contributed by atoms with Gasteiger partial charge in [-0.15, -0.1) is 11.8 Å². The highest BCUT2D eigenvalue weighted by atomic mass is 32.2. The van der Waals surface area contributed by atoms with Gasteiger partial charge in [0, 0.05) is 40.7 Å². The summed E-state index contributed by atoms with van der Waals surface area (Å²) in [5, 5.41) is 19.9. The summed E-state index contributed by atoms with van der Waals surface area (Å²) < 4.78 is 1.87. The van der Waals surface area contributed by atoms with E-state index in [1.807, 2.05) is 47.3 Å². The van der Waals surface area contributed by atoms with Crippen LogP contribution in [0.2, 0.25) is 0 Å². The SMILES string of the molecule is CON=C(C(=O)NC1C(=O)N2C(C(=O)[O-])=C(C[n+]3ccc4ccccc4c3)CS[C@@H]12)c1cnc(N)nc1. The van der Waals surface area contributed by atoms with Gasteiger partial charge in [0.15, 0.2) is 24.7 Å². The van der Waals surface area contributed by atoms with Crippen LogP contribution in [0.15, 0.2) is 71.5 Å². The van der Waals surface area contributed by atoms with Crippen molar-refractivity contribution in [2.24, 2.45) is 5.16 Å². The number of oxime groups is 1. The molecule has 0 spiro atoms. The summed E-state index contributed by atoms with van der Waals surface area (Å²) >= 11 is 1.36. The average molecular weight is 520 g/mol. The van der Waals surface area contributed by atoms with Gasteiger partial charge in [-0.1, -0.05) is 23.4 Å². The minimum absolute atomic E-state index is 0.0172. The Morgan fingerprint density at radius 1 is 1.27 bits per heavy atom. The fraction of sp³-hybridized carbons (Fsp3) is 0.208. The Hall–Kier alpha value is -4.52. The number of fused-ring (bicyclic) bond motifs is 2.